The molecule has 126 valence electrons. The highest BCUT2D eigenvalue weighted by Gasteiger charge is 2.18. The minimum atomic E-state index is 0.525. The van der Waals surface area contributed by atoms with E-state index in [-0.39, 0.29) is 0 Å². The molecule has 0 radical (unpaired) electrons. The number of hydrogen-bond donors (Lipinski definition) is 0. The van der Waals surface area contributed by atoms with Crippen molar-refractivity contribution in [3.63, 3.8) is 0 Å². The van der Waals surface area contributed by atoms with Crippen LogP contribution in [0.1, 0.15) is 37.7 Å². The third-order valence-corrected chi connectivity index (χ3v) is 5.69. The molecule has 1 aliphatic carbocycles. The van der Waals surface area contributed by atoms with Gasteiger partial charge in [0.25, 0.3) is 0 Å². The fourth-order valence-corrected chi connectivity index (χ4v) is 3.65. The second-order valence-electron chi connectivity index (χ2n) is 6.60. The molecular weight excluding hydrogens is 339 g/mol. The first kappa shape index (κ1) is 17.4. The molecule has 2 nitrogen and oxygen atoms in total. The van der Waals surface area contributed by atoms with Gasteiger partial charge < -0.3 is 0 Å². The lowest BCUT2D eigenvalue weighted by atomic mass is 9.80. The van der Waals surface area contributed by atoms with E-state index in [9.17, 15) is 0 Å². The van der Waals surface area contributed by atoms with Crippen molar-refractivity contribution in [2.75, 3.05) is 0 Å². The number of aryl methyl sites for hydroxylation is 1. The molecule has 0 amide bonds. The van der Waals surface area contributed by atoms with Crippen LogP contribution in [0.15, 0.2) is 43.2 Å². The van der Waals surface area contributed by atoms with Crippen LogP contribution in [0.2, 0.25) is 10.0 Å². The molecule has 2 aromatic rings. The smallest absolute Gasteiger partial charge is 0.159 e. The summed E-state index contributed by atoms with van der Waals surface area (Å²) in [6.07, 6.45) is 13.5. The third-order valence-electron chi connectivity index (χ3n) is 4.95. The number of allylic oxidation sites excluding steroid dienone is 1. The van der Waals surface area contributed by atoms with E-state index < -0.39 is 0 Å². The lowest BCUT2D eigenvalue weighted by Gasteiger charge is -2.26. The van der Waals surface area contributed by atoms with Crippen molar-refractivity contribution < 1.29 is 0 Å². The maximum absolute atomic E-state index is 6.06. The Morgan fingerprint density at radius 2 is 1.75 bits per heavy atom. The Labute approximate surface area is 153 Å². The molecule has 1 saturated carbocycles. The van der Waals surface area contributed by atoms with Crippen LogP contribution in [0.3, 0.4) is 0 Å². The molecule has 0 aliphatic heterocycles. The number of rotatable bonds is 5. The van der Waals surface area contributed by atoms with Crippen LogP contribution in [0, 0.1) is 11.8 Å². The van der Waals surface area contributed by atoms with Gasteiger partial charge in [-0.3, -0.25) is 0 Å². The van der Waals surface area contributed by atoms with E-state index in [0.717, 1.165) is 23.8 Å². The average Bonchev–Trinajstić information content (AvgIpc) is 2.63. The Bertz CT molecular complexity index is 689. The largest absolute Gasteiger partial charge is 0.236 e. The molecule has 1 fully saturated rings. The summed E-state index contributed by atoms with van der Waals surface area (Å²) in [6, 6.07) is 5.47. The first-order valence-electron chi connectivity index (χ1n) is 8.54. The van der Waals surface area contributed by atoms with E-state index in [1.165, 1.54) is 37.7 Å². The molecule has 0 spiro atoms. The lowest BCUT2D eigenvalue weighted by molar-refractivity contribution is 0.296. The molecule has 3 rings (SSSR count). The normalized spacial score (nSPS) is 20.8. The summed E-state index contributed by atoms with van der Waals surface area (Å²) in [4.78, 5) is 8.97. The van der Waals surface area contributed by atoms with Crippen molar-refractivity contribution >= 4 is 23.2 Å². The zero-order chi connectivity index (χ0) is 16.9. The third kappa shape index (κ3) is 4.37. The van der Waals surface area contributed by atoms with Gasteiger partial charge in [0.05, 0.1) is 10.0 Å². The van der Waals surface area contributed by atoms with Gasteiger partial charge in [-0.25, -0.2) is 9.97 Å². The van der Waals surface area contributed by atoms with Gasteiger partial charge in [-0.1, -0.05) is 29.3 Å². The Morgan fingerprint density at radius 1 is 1.04 bits per heavy atom. The fraction of sp³-hybridized carbons (Fsp3) is 0.400. The second kappa shape index (κ2) is 8.13. The summed E-state index contributed by atoms with van der Waals surface area (Å²) in [7, 11) is 0. The molecule has 1 aromatic heterocycles. The monoisotopic (exact) mass is 360 g/mol. The zero-order valence-electron chi connectivity index (χ0n) is 13.7. The van der Waals surface area contributed by atoms with E-state index in [0.29, 0.717) is 15.9 Å². The Kier molecular flexibility index (Phi) is 5.91. The summed E-state index contributed by atoms with van der Waals surface area (Å²) in [5.41, 5.74) is 2.09. The number of benzene rings is 1. The predicted octanol–water partition coefficient (Wildman–Crippen LogP) is 6.38. The van der Waals surface area contributed by atoms with Gasteiger partial charge in [0.1, 0.15) is 0 Å². The number of hydrogen-bond acceptors (Lipinski definition) is 2. The van der Waals surface area contributed by atoms with Crippen LogP contribution in [-0.2, 0) is 6.42 Å². The SMILES string of the molecule is C=C[C@H]1CC[C@H](CCc2cnc(-c3ccc(Cl)c(Cl)c3)nc2)CC1. The summed E-state index contributed by atoms with van der Waals surface area (Å²) in [5, 5.41) is 1.07. The maximum Gasteiger partial charge on any atom is 0.159 e. The van der Waals surface area contributed by atoms with Gasteiger partial charge in [-0.15, -0.1) is 6.58 Å². The average molecular weight is 361 g/mol. The molecule has 1 heterocycles. The van der Waals surface area contributed by atoms with Gasteiger partial charge >= 0.3 is 0 Å². The van der Waals surface area contributed by atoms with E-state index >= 15 is 0 Å². The van der Waals surface area contributed by atoms with Crippen LogP contribution >= 0.6 is 23.2 Å². The van der Waals surface area contributed by atoms with Gasteiger partial charge in [-0.05, 0) is 74.1 Å². The van der Waals surface area contributed by atoms with Crippen LogP contribution in [0.25, 0.3) is 11.4 Å². The number of aromatic nitrogens is 2. The molecule has 0 saturated heterocycles. The van der Waals surface area contributed by atoms with Crippen molar-refractivity contribution in [2.24, 2.45) is 11.8 Å². The molecule has 1 aliphatic rings. The molecule has 4 heteroatoms. The number of halogens is 2. The highest BCUT2D eigenvalue weighted by atomic mass is 35.5. The Balaban J connectivity index is 1.57. The van der Waals surface area contributed by atoms with Gasteiger partial charge in [-0.2, -0.15) is 0 Å². The van der Waals surface area contributed by atoms with E-state index in [4.69, 9.17) is 23.2 Å². The summed E-state index contributed by atoms with van der Waals surface area (Å²) in [5.74, 6) is 2.25. The zero-order valence-corrected chi connectivity index (χ0v) is 15.2. The Hall–Kier alpha value is -1.38. The van der Waals surface area contributed by atoms with E-state index in [1.54, 1.807) is 12.1 Å². The summed E-state index contributed by atoms with van der Waals surface area (Å²) in [6.45, 7) is 3.91. The molecule has 1 aromatic carbocycles. The van der Waals surface area contributed by atoms with Crippen molar-refractivity contribution in [1.29, 1.82) is 0 Å². The van der Waals surface area contributed by atoms with Crippen LogP contribution in [0.5, 0.6) is 0 Å². The van der Waals surface area contributed by atoms with E-state index in [1.807, 2.05) is 18.5 Å². The van der Waals surface area contributed by atoms with Gasteiger partial charge in [0, 0.05) is 18.0 Å². The topological polar surface area (TPSA) is 25.8 Å². The predicted molar refractivity (Wildman–Crippen MR) is 101 cm³/mol. The maximum atomic E-state index is 6.06. The highest BCUT2D eigenvalue weighted by Crippen LogP contribution is 2.32. The summed E-state index contributed by atoms with van der Waals surface area (Å²) < 4.78 is 0. The lowest BCUT2D eigenvalue weighted by Crippen LogP contribution is -2.13. The van der Waals surface area contributed by atoms with E-state index in [2.05, 4.69) is 22.6 Å². The molecule has 0 bridgehead atoms. The molecule has 0 N–H and O–H groups in total. The van der Waals surface area contributed by atoms with Crippen molar-refractivity contribution in [1.82, 2.24) is 9.97 Å². The highest BCUT2D eigenvalue weighted by molar-refractivity contribution is 6.42. The first-order valence-corrected chi connectivity index (χ1v) is 9.30. The summed E-state index contributed by atoms with van der Waals surface area (Å²) >= 11 is 12.0. The van der Waals surface area contributed by atoms with Gasteiger partial charge in [0.2, 0.25) is 0 Å². The molecule has 0 atom stereocenters. The standard InChI is InChI=1S/C20H22Cl2N2/c1-2-14-3-5-15(6-4-14)7-8-16-12-23-20(24-13-16)17-9-10-18(21)19(22)11-17/h2,9-15H,1,3-8H2/t14-,15-. The quantitative estimate of drug-likeness (QED) is 0.578. The van der Waals surface area contributed by atoms with Crippen molar-refractivity contribution in [3.8, 4) is 11.4 Å². The molecule has 24 heavy (non-hydrogen) atoms. The minimum Gasteiger partial charge on any atom is -0.236 e. The molecule has 0 unspecified atom stereocenters. The molecular formula is C20H22Cl2N2. The van der Waals surface area contributed by atoms with Crippen molar-refractivity contribution in [2.45, 2.75) is 38.5 Å². The minimum absolute atomic E-state index is 0.525. The fourth-order valence-electron chi connectivity index (χ4n) is 3.35. The number of nitrogens with zero attached hydrogens (tertiary/aromatic N) is 2. The van der Waals surface area contributed by atoms with Crippen molar-refractivity contribution in [3.05, 3.63) is 58.9 Å². The second-order valence-corrected chi connectivity index (χ2v) is 7.41. The van der Waals surface area contributed by atoms with Crippen LogP contribution in [0.4, 0.5) is 0 Å². The van der Waals surface area contributed by atoms with Gasteiger partial charge in [0.15, 0.2) is 5.82 Å². The van der Waals surface area contributed by atoms with Crippen LogP contribution in [-0.4, -0.2) is 9.97 Å². The Morgan fingerprint density at radius 3 is 2.38 bits per heavy atom. The van der Waals surface area contributed by atoms with Crippen LogP contribution < -0.4 is 0 Å². The first-order chi connectivity index (χ1) is 11.7.